The van der Waals surface area contributed by atoms with Crippen LogP contribution in [0.4, 0.5) is 11.5 Å². The number of amides is 1. The van der Waals surface area contributed by atoms with E-state index in [0.717, 1.165) is 21.6 Å². The van der Waals surface area contributed by atoms with Crippen molar-refractivity contribution >= 4 is 52.0 Å². The van der Waals surface area contributed by atoms with Gasteiger partial charge in [0.25, 0.3) is 5.91 Å². The summed E-state index contributed by atoms with van der Waals surface area (Å²) in [7, 11) is 0. The Hall–Kier alpha value is -3.93. The first-order valence-corrected chi connectivity index (χ1v) is 15.1. The third kappa shape index (κ3) is 6.13. The SMILES string of the molecule is CC(NC(=O)c1ccc(Cl)cc1N(c1nsnc1Cc1ccccc1)S(=O)[O-])C(O)(c1ccccc1)c1ccccc1. The fourth-order valence-electron chi connectivity index (χ4n) is 4.82. The van der Waals surface area contributed by atoms with Gasteiger partial charge in [-0.05, 0) is 41.8 Å². The molecule has 0 radical (unpaired) electrons. The van der Waals surface area contributed by atoms with Gasteiger partial charge >= 0.3 is 0 Å². The van der Waals surface area contributed by atoms with E-state index in [1.54, 1.807) is 31.2 Å². The molecule has 11 heteroatoms. The molecule has 0 fully saturated rings. The summed E-state index contributed by atoms with van der Waals surface area (Å²) < 4.78 is 34.9. The van der Waals surface area contributed by atoms with Crippen LogP contribution in [0.3, 0.4) is 0 Å². The van der Waals surface area contributed by atoms with E-state index in [9.17, 15) is 18.7 Å². The molecule has 0 saturated carbocycles. The molecule has 1 amide bonds. The molecule has 5 rings (SSSR count). The van der Waals surface area contributed by atoms with Crippen molar-refractivity contribution in [1.82, 2.24) is 14.1 Å². The number of carbonyl (C=O) groups is 1. The number of benzene rings is 4. The van der Waals surface area contributed by atoms with E-state index in [0.29, 0.717) is 23.2 Å². The van der Waals surface area contributed by atoms with Gasteiger partial charge in [-0.1, -0.05) is 103 Å². The number of anilines is 2. The fourth-order valence-corrected chi connectivity index (χ4v) is 6.18. The van der Waals surface area contributed by atoms with Gasteiger partial charge in [-0.25, -0.2) is 0 Å². The topological polar surface area (TPSA) is 118 Å². The lowest BCUT2D eigenvalue weighted by Crippen LogP contribution is -2.49. The van der Waals surface area contributed by atoms with Gasteiger partial charge in [0.15, 0.2) is 5.82 Å². The van der Waals surface area contributed by atoms with Crippen molar-refractivity contribution in [2.45, 2.75) is 25.0 Å². The molecule has 214 valence electrons. The molecule has 1 heterocycles. The summed E-state index contributed by atoms with van der Waals surface area (Å²) in [5.74, 6) is -0.533. The largest absolute Gasteiger partial charge is 0.755 e. The summed E-state index contributed by atoms with van der Waals surface area (Å²) in [6.45, 7) is 1.69. The van der Waals surface area contributed by atoms with E-state index in [1.165, 1.54) is 18.2 Å². The Balaban J connectivity index is 1.52. The highest BCUT2D eigenvalue weighted by atomic mass is 35.5. The zero-order chi connectivity index (χ0) is 29.7. The van der Waals surface area contributed by atoms with Crippen molar-refractivity contribution in [2.24, 2.45) is 0 Å². The minimum Gasteiger partial charge on any atom is -0.755 e. The Morgan fingerprint density at radius 1 is 0.976 bits per heavy atom. The zero-order valence-electron chi connectivity index (χ0n) is 22.4. The molecule has 5 aromatic rings. The van der Waals surface area contributed by atoms with Crippen molar-refractivity contribution in [1.29, 1.82) is 0 Å². The highest BCUT2D eigenvalue weighted by Gasteiger charge is 2.39. The standard InChI is InChI=1S/C31H27ClN4O4S2/c1-21(31(38,23-13-7-3-8-14-23)24-15-9-4-10-16-24)33-30(37)26-18-17-25(32)20-28(26)36(42(39)40)29-27(34-41-35-29)19-22-11-5-2-6-12-22/h2-18,20-21,38H,19H2,1H3,(H,33,37)(H,39,40)/p-1. The third-order valence-electron chi connectivity index (χ3n) is 6.92. The molecular weight excluding hydrogens is 592 g/mol. The summed E-state index contributed by atoms with van der Waals surface area (Å²) in [5.41, 5.74) is 0.958. The van der Waals surface area contributed by atoms with Crippen molar-refractivity contribution in [2.75, 3.05) is 4.31 Å². The lowest BCUT2D eigenvalue weighted by molar-refractivity contribution is 0.0404. The third-order valence-corrected chi connectivity index (χ3v) is 8.38. The Morgan fingerprint density at radius 2 is 1.55 bits per heavy atom. The van der Waals surface area contributed by atoms with Crippen LogP contribution in [0.2, 0.25) is 5.02 Å². The van der Waals surface area contributed by atoms with Gasteiger partial charge in [0.05, 0.1) is 40.3 Å². The number of aliphatic hydroxyl groups is 1. The van der Waals surface area contributed by atoms with Gasteiger partial charge in [0.2, 0.25) is 0 Å². The van der Waals surface area contributed by atoms with Crippen LogP contribution in [0.15, 0.2) is 109 Å². The zero-order valence-corrected chi connectivity index (χ0v) is 24.8. The number of hydrogen-bond donors (Lipinski definition) is 2. The van der Waals surface area contributed by atoms with Crippen LogP contribution in [-0.4, -0.2) is 34.6 Å². The van der Waals surface area contributed by atoms with E-state index in [1.807, 2.05) is 66.7 Å². The van der Waals surface area contributed by atoms with Crippen LogP contribution in [0.1, 0.15) is 39.7 Å². The predicted octanol–water partition coefficient (Wildman–Crippen LogP) is 5.77. The molecule has 42 heavy (non-hydrogen) atoms. The van der Waals surface area contributed by atoms with Crippen molar-refractivity contribution in [3.63, 3.8) is 0 Å². The van der Waals surface area contributed by atoms with Crippen molar-refractivity contribution in [3.05, 3.63) is 142 Å². The van der Waals surface area contributed by atoms with E-state index < -0.39 is 28.8 Å². The molecule has 4 aromatic carbocycles. The quantitative estimate of drug-likeness (QED) is 0.192. The lowest BCUT2D eigenvalue weighted by atomic mass is 9.80. The van der Waals surface area contributed by atoms with Crippen LogP contribution in [0.25, 0.3) is 0 Å². The Bertz CT molecular complexity index is 1650. The van der Waals surface area contributed by atoms with Crippen LogP contribution < -0.4 is 9.62 Å². The van der Waals surface area contributed by atoms with Gasteiger partial charge in [0, 0.05) is 11.4 Å². The molecule has 0 aliphatic heterocycles. The number of hydrogen-bond acceptors (Lipinski definition) is 7. The minimum atomic E-state index is -2.88. The smallest absolute Gasteiger partial charge is 0.253 e. The molecule has 0 saturated heterocycles. The first kappa shape index (κ1) is 29.6. The molecule has 0 aliphatic carbocycles. The second-order valence-corrected chi connectivity index (χ2v) is 11.3. The van der Waals surface area contributed by atoms with Crippen molar-refractivity contribution < 1.29 is 18.7 Å². The van der Waals surface area contributed by atoms with E-state index >= 15 is 0 Å². The van der Waals surface area contributed by atoms with Gasteiger partial charge in [-0.15, -0.1) is 0 Å². The van der Waals surface area contributed by atoms with Crippen LogP contribution in [0, 0.1) is 0 Å². The maximum atomic E-state index is 13.8. The van der Waals surface area contributed by atoms with Crippen LogP contribution >= 0.6 is 23.3 Å². The molecule has 0 bridgehead atoms. The molecule has 2 N–H and O–H groups in total. The monoisotopic (exact) mass is 617 g/mol. The number of carbonyl (C=O) groups excluding carboxylic acids is 1. The summed E-state index contributed by atoms with van der Waals surface area (Å²) in [4.78, 5) is 13.8. The first-order chi connectivity index (χ1) is 20.3. The minimum absolute atomic E-state index is 0.00510. The maximum absolute atomic E-state index is 13.8. The molecule has 1 aromatic heterocycles. The van der Waals surface area contributed by atoms with E-state index in [-0.39, 0.29) is 22.1 Å². The van der Waals surface area contributed by atoms with Crippen molar-refractivity contribution in [3.8, 4) is 0 Å². The average molecular weight is 618 g/mol. The van der Waals surface area contributed by atoms with Crippen LogP contribution in [0.5, 0.6) is 0 Å². The second-order valence-electron chi connectivity index (χ2n) is 9.56. The Labute approximate surface area is 255 Å². The molecular formula is C31H26ClN4O4S2-. The second kappa shape index (κ2) is 12.9. The molecule has 2 atom stereocenters. The normalized spacial score (nSPS) is 12.9. The van der Waals surface area contributed by atoms with Crippen LogP contribution in [-0.2, 0) is 23.3 Å². The summed E-state index contributed by atoms with van der Waals surface area (Å²) >= 11 is 4.30. The van der Waals surface area contributed by atoms with Gasteiger partial charge in [-0.3, -0.25) is 13.3 Å². The van der Waals surface area contributed by atoms with Gasteiger partial charge in [-0.2, -0.15) is 8.75 Å². The summed E-state index contributed by atoms with van der Waals surface area (Å²) in [5, 5.41) is 15.2. The Morgan fingerprint density at radius 3 is 2.12 bits per heavy atom. The maximum Gasteiger partial charge on any atom is 0.253 e. The first-order valence-electron chi connectivity index (χ1n) is 13.0. The molecule has 8 nitrogen and oxygen atoms in total. The summed E-state index contributed by atoms with van der Waals surface area (Å²) in [6.07, 6.45) is 0.334. The molecule has 2 unspecified atom stereocenters. The number of nitrogens with one attached hydrogen (secondary N) is 1. The number of nitrogens with zero attached hydrogens (tertiary/aromatic N) is 3. The number of aromatic nitrogens is 2. The highest BCUT2D eigenvalue weighted by molar-refractivity contribution is 7.81. The Kier molecular flexibility index (Phi) is 9.10. The fraction of sp³-hybridized carbons (Fsp3) is 0.129. The summed E-state index contributed by atoms with van der Waals surface area (Å²) in [6, 6.07) is 31.0. The number of rotatable bonds is 10. The van der Waals surface area contributed by atoms with Gasteiger partial charge < -0.3 is 15.0 Å². The van der Waals surface area contributed by atoms with E-state index in [4.69, 9.17) is 11.6 Å². The molecule has 0 aliphatic rings. The predicted molar refractivity (Wildman–Crippen MR) is 164 cm³/mol. The number of halogens is 1. The molecule has 0 spiro atoms. The van der Waals surface area contributed by atoms with Gasteiger partial charge in [0.1, 0.15) is 11.3 Å². The average Bonchev–Trinajstić information content (AvgIpc) is 3.45. The highest BCUT2D eigenvalue weighted by Crippen LogP contribution is 2.36. The van der Waals surface area contributed by atoms with E-state index in [2.05, 4.69) is 14.1 Å². The lowest BCUT2D eigenvalue weighted by Gasteiger charge is -2.36.